The molecule has 4 aliphatic heterocycles. The van der Waals surface area contributed by atoms with Crippen molar-refractivity contribution in [2.24, 2.45) is 5.92 Å². The summed E-state index contributed by atoms with van der Waals surface area (Å²) >= 11 is 1.31. The lowest BCUT2D eigenvalue weighted by atomic mass is 9.91. The van der Waals surface area contributed by atoms with Crippen LogP contribution in [0.15, 0.2) is 65.8 Å². The van der Waals surface area contributed by atoms with Crippen LogP contribution in [0.5, 0.6) is 0 Å². The quantitative estimate of drug-likeness (QED) is 0.105. The van der Waals surface area contributed by atoms with Gasteiger partial charge in [-0.25, -0.2) is 0 Å². The minimum atomic E-state index is -1.04. The smallest absolute Gasteiger partial charge is 0.274 e. The van der Waals surface area contributed by atoms with Gasteiger partial charge in [0.25, 0.3) is 17.7 Å². The summed E-state index contributed by atoms with van der Waals surface area (Å²) in [7, 11) is 0. The van der Waals surface area contributed by atoms with E-state index in [0.717, 1.165) is 42.6 Å². The molecule has 0 aliphatic carbocycles. The molecule has 3 aromatic rings. The third-order valence-corrected chi connectivity index (χ3v) is 12.2. The molecule has 3 saturated heterocycles. The SMILES string of the molecule is O=C(/C=C/c1cccnc1)NCCCCC1CCN(C(=O)c2ccc(N3CCN(C(=O)CCSc4cccc5c4C(=O)N(C4CCC(=O)NC4=O)C5=O)CC3)nn2)CC1. The predicted molar refractivity (Wildman–Crippen MR) is 218 cm³/mol. The summed E-state index contributed by atoms with van der Waals surface area (Å²) in [6, 6.07) is 11.2. The minimum Gasteiger partial charge on any atom is -0.353 e. The van der Waals surface area contributed by atoms with Gasteiger partial charge in [-0.1, -0.05) is 25.0 Å². The average molecular weight is 822 g/mol. The highest BCUT2D eigenvalue weighted by Gasteiger charge is 2.45. The van der Waals surface area contributed by atoms with Gasteiger partial charge in [-0.2, -0.15) is 0 Å². The number of amides is 7. The first-order chi connectivity index (χ1) is 28.7. The summed E-state index contributed by atoms with van der Waals surface area (Å²) < 4.78 is 0. The number of rotatable bonds is 14. The molecule has 6 heterocycles. The van der Waals surface area contributed by atoms with Gasteiger partial charge in [0.2, 0.25) is 23.6 Å². The Kier molecular flexibility index (Phi) is 13.4. The Morgan fingerprint density at radius 3 is 2.41 bits per heavy atom. The first-order valence-electron chi connectivity index (χ1n) is 20.2. The van der Waals surface area contributed by atoms with Gasteiger partial charge in [-0.15, -0.1) is 22.0 Å². The van der Waals surface area contributed by atoms with Crippen LogP contribution in [0.3, 0.4) is 0 Å². The van der Waals surface area contributed by atoms with Crippen LogP contribution in [-0.4, -0.2) is 129 Å². The molecule has 0 bridgehead atoms. The molecule has 0 radical (unpaired) electrons. The number of hydrogen-bond donors (Lipinski definition) is 2. The number of nitrogens with zero attached hydrogens (tertiary/aromatic N) is 7. The first-order valence-corrected chi connectivity index (χ1v) is 21.1. The molecule has 16 nitrogen and oxygen atoms in total. The van der Waals surface area contributed by atoms with Gasteiger partial charge in [0.05, 0.1) is 11.1 Å². The number of thioether (sulfide) groups is 1. The molecule has 17 heteroatoms. The number of hydrogen-bond acceptors (Lipinski definition) is 12. The number of benzene rings is 1. The fraction of sp³-hybridized carbons (Fsp3) is 0.429. The zero-order valence-electron chi connectivity index (χ0n) is 32.7. The third kappa shape index (κ3) is 10.0. The van der Waals surface area contributed by atoms with E-state index in [0.29, 0.717) is 73.9 Å². The van der Waals surface area contributed by atoms with Crippen molar-refractivity contribution < 1.29 is 33.6 Å². The van der Waals surface area contributed by atoms with Crippen molar-refractivity contribution in [3.05, 3.63) is 83.3 Å². The standard InChI is InChI=1S/C42H47N9O7S/c52-35(13-9-29-6-4-18-43-27-29)44-19-2-1-5-28-15-20-50(21-16-28)41(57)31-10-12-34(47-46-31)48-22-24-49(25-23-48)37(54)17-26-59-33-8-3-7-30-38(33)42(58)51(40(30)56)32-11-14-36(53)45-39(32)55/h3-4,6-10,12-13,18,27-28,32H,1-2,5,11,14-17,19-26H2,(H,44,52)(H,45,53,55)/b13-9+. The second-order valence-electron chi connectivity index (χ2n) is 15.0. The average Bonchev–Trinajstić information content (AvgIpc) is 3.52. The lowest BCUT2D eigenvalue weighted by molar-refractivity contribution is -0.136. The van der Waals surface area contributed by atoms with E-state index in [9.17, 15) is 33.6 Å². The van der Waals surface area contributed by atoms with Crippen molar-refractivity contribution in [1.29, 1.82) is 0 Å². The van der Waals surface area contributed by atoms with E-state index in [-0.39, 0.29) is 48.1 Å². The molecule has 4 aliphatic rings. The first kappa shape index (κ1) is 41.2. The van der Waals surface area contributed by atoms with Crippen molar-refractivity contribution in [2.45, 2.75) is 62.3 Å². The number of anilines is 1. The number of aromatic nitrogens is 3. The predicted octanol–water partition coefficient (Wildman–Crippen LogP) is 2.96. The molecule has 2 N–H and O–H groups in total. The van der Waals surface area contributed by atoms with Gasteiger partial charge in [0, 0.05) is 87.8 Å². The fourth-order valence-corrected chi connectivity index (χ4v) is 8.88. The molecule has 0 spiro atoms. The van der Waals surface area contributed by atoms with Crippen LogP contribution in [0.2, 0.25) is 0 Å². The van der Waals surface area contributed by atoms with E-state index in [2.05, 4.69) is 25.8 Å². The number of carbonyl (C=O) groups is 7. The number of nitrogens with one attached hydrogen (secondary N) is 2. The third-order valence-electron chi connectivity index (χ3n) is 11.2. The molecule has 1 aromatic carbocycles. The largest absolute Gasteiger partial charge is 0.353 e. The summed E-state index contributed by atoms with van der Waals surface area (Å²) in [6.07, 6.45) is 11.9. The number of unbranched alkanes of at least 4 members (excludes halogenated alkanes) is 1. The lowest BCUT2D eigenvalue weighted by Gasteiger charge is -2.35. The summed E-state index contributed by atoms with van der Waals surface area (Å²) in [5, 5.41) is 13.8. The zero-order chi connectivity index (χ0) is 41.3. The van der Waals surface area contributed by atoms with Gasteiger partial charge in [0.15, 0.2) is 11.5 Å². The van der Waals surface area contributed by atoms with Crippen LogP contribution < -0.4 is 15.5 Å². The van der Waals surface area contributed by atoms with Crippen LogP contribution in [0.1, 0.15) is 88.1 Å². The number of piperazine rings is 1. The highest BCUT2D eigenvalue weighted by molar-refractivity contribution is 7.99. The number of likely N-dealkylation sites (tertiary alicyclic amines) is 1. The molecule has 0 saturated carbocycles. The molecule has 7 rings (SSSR count). The van der Waals surface area contributed by atoms with Crippen LogP contribution in [0.25, 0.3) is 6.08 Å². The van der Waals surface area contributed by atoms with Crippen molar-refractivity contribution in [2.75, 3.05) is 56.5 Å². The lowest BCUT2D eigenvalue weighted by Crippen LogP contribution is -2.54. The fourth-order valence-electron chi connectivity index (χ4n) is 7.87. The molecule has 1 unspecified atom stereocenters. The van der Waals surface area contributed by atoms with Crippen LogP contribution >= 0.6 is 11.8 Å². The Labute approximate surface area is 346 Å². The van der Waals surface area contributed by atoms with Crippen molar-refractivity contribution in [1.82, 2.24) is 40.5 Å². The van der Waals surface area contributed by atoms with E-state index in [1.54, 1.807) is 53.7 Å². The summed E-state index contributed by atoms with van der Waals surface area (Å²) in [4.78, 5) is 100. The van der Waals surface area contributed by atoms with E-state index in [4.69, 9.17) is 0 Å². The Hall–Kier alpha value is -5.97. The van der Waals surface area contributed by atoms with E-state index >= 15 is 0 Å². The van der Waals surface area contributed by atoms with Gasteiger partial charge >= 0.3 is 0 Å². The Balaban J connectivity index is 0.790. The monoisotopic (exact) mass is 821 g/mol. The summed E-state index contributed by atoms with van der Waals surface area (Å²) in [5.74, 6) is -0.908. The van der Waals surface area contributed by atoms with Crippen molar-refractivity contribution in [3.8, 4) is 0 Å². The second kappa shape index (κ2) is 19.2. The Morgan fingerprint density at radius 1 is 0.864 bits per heavy atom. The molecule has 308 valence electrons. The van der Waals surface area contributed by atoms with E-state index in [1.165, 1.54) is 17.8 Å². The number of carbonyl (C=O) groups excluding carboxylic acids is 7. The normalized spacial score (nSPS) is 18.7. The maximum absolute atomic E-state index is 13.4. The topological polar surface area (TPSA) is 195 Å². The summed E-state index contributed by atoms with van der Waals surface area (Å²) in [6.45, 7) is 4.08. The molecular formula is C42H47N9O7S. The minimum absolute atomic E-state index is 0.0253. The van der Waals surface area contributed by atoms with E-state index < -0.39 is 29.7 Å². The van der Waals surface area contributed by atoms with Gasteiger partial charge < -0.3 is 20.0 Å². The molecule has 1 atom stereocenters. The van der Waals surface area contributed by atoms with Crippen LogP contribution in [0, 0.1) is 5.92 Å². The van der Waals surface area contributed by atoms with Gasteiger partial charge in [-0.05, 0) is 73.6 Å². The molecule has 59 heavy (non-hydrogen) atoms. The van der Waals surface area contributed by atoms with Gasteiger partial charge in [0.1, 0.15) is 6.04 Å². The number of pyridine rings is 1. The van der Waals surface area contributed by atoms with Crippen molar-refractivity contribution in [3.63, 3.8) is 0 Å². The number of imide groups is 2. The maximum Gasteiger partial charge on any atom is 0.274 e. The highest BCUT2D eigenvalue weighted by Crippen LogP contribution is 2.35. The van der Waals surface area contributed by atoms with Crippen molar-refractivity contribution >= 4 is 65.0 Å². The van der Waals surface area contributed by atoms with Gasteiger partial charge in [-0.3, -0.25) is 48.8 Å². The molecule has 3 fully saturated rings. The Bertz CT molecular complexity index is 2100. The molecular weight excluding hydrogens is 775 g/mol. The van der Waals surface area contributed by atoms with Crippen LogP contribution in [0.4, 0.5) is 5.82 Å². The zero-order valence-corrected chi connectivity index (χ0v) is 33.5. The molecule has 7 amide bonds. The van der Waals surface area contributed by atoms with Crippen LogP contribution in [-0.2, 0) is 19.2 Å². The number of piperidine rings is 2. The maximum atomic E-state index is 13.4. The van der Waals surface area contributed by atoms with E-state index in [1.807, 2.05) is 21.9 Å². The highest BCUT2D eigenvalue weighted by atomic mass is 32.2. The second-order valence-corrected chi connectivity index (χ2v) is 16.1. The Morgan fingerprint density at radius 2 is 1.68 bits per heavy atom. The summed E-state index contributed by atoms with van der Waals surface area (Å²) in [5.41, 5.74) is 1.62. The molecule has 2 aromatic heterocycles. The number of fused-ring (bicyclic) bond motifs is 1.